The van der Waals surface area contributed by atoms with Crippen LogP contribution in [0.15, 0.2) is 30.6 Å². The predicted octanol–water partition coefficient (Wildman–Crippen LogP) is 4.67. The van der Waals surface area contributed by atoms with Gasteiger partial charge in [-0.2, -0.15) is 0 Å². The highest BCUT2D eigenvalue weighted by molar-refractivity contribution is 7.19. The summed E-state index contributed by atoms with van der Waals surface area (Å²) in [6, 6.07) is 7.57. The van der Waals surface area contributed by atoms with Crippen LogP contribution in [0.1, 0.15) is 23.8 Å². The van der Waals surface area contributed by atoms with Crippen LogP contribution in [-0.4, -0.2) is 54.2 Å². The second-order valence-corrected chi connectivity index (χ2v) is 9.88. The van der Waals surface area contributed by atoms with Gasteiger partial charge in [0, 0.05) is 42.6 Å². The zero-order valence-electron chi connectivity index (χ0n) is 17.3. The van der Waals surface area contributed by atoms with Crippen molar-refractivity contribution in [2.24, 2.45) is 5.92 Å². The topological polar surface area (TPSA) is 41.5 Å². The first-order valence-electron chi connectivity index (χ1n) is 10.8. The number of hydrogen-bond donors (Lipinski definition) is 0. The van der Waals surface area contributed by atoms with E-state index < -0.39 is 0 Å². The van der Waals surface area contributed by atoms with Crippen LogP contribution in [0.5, 0.6) is 5.75 Å². The lowest BCUT2D eigenvalue weighted by atomic mass is 9.88. The molecule has 1 fully saturated rings. The summed E-state index contributed by atoms with van der Waals surface area (Å²) in [6.07, 6.45) is 5.39. The van der Waals surface area contributed by atoms with E-state index in [0.717, 1.165) is 66.5 Å². The molecule has 158 valence electrons. The van der Waals surface area contributed by atoms with E-state index in [2.05, 4.69) is 21.7 Å². The highest BCUT2D eigenvalue weighted by Gasteiger charge is 2.26. The van der Waals surface area contributed by atoms with E-state index >= 15 is 0 Å². The molecule has 3 heterocycles. The Bertz CT molecular complexity index is 1010. The van der Waals surface area contributed by atoms with Crippen molar-refractivity contribution in [1.82, 2.24) is 14.9 Å². The second kappa shape index (κ2) is 8.69. The van der Waals surface area contributed by atoms with Gasteiger partial charge in [-0.05, 0) is 55.0 Å². The van der Waals surface area contributed by atoms with Gasteiger partial charge in [0.1, 0.15) is 29.3 Å². The van der Waals surface area contributed by atoms with E-state index in [4.69, 9.17) is 21.3 Å². The number of benzene rings is 1. The van der Waals surface area contributed by atoms with E-state index in [9.17, 15) is 0 Å². The molecule has 1 aromatic carbocycles. The van der Waals surface area contributed by atoms with Gasteiger partial charge in [-0.1, -0.05) is 18.5 Å². The van der Waals surface area contributed by atoms with E-state index in [1.165, 1.54) is 28.7 Å². The third-order valence-corrected chi connectivity index (χ3v) is 7.68. The highest BCUT2D eigenvalue weighted by Crippen LogP contribution is 2.40. The summed E-state index contributed by atoms with van der Waals surface area (Å²) in [6.45, 7) is 8.02. The molecule has 2 aliphatic rings. The second-order valence-electron chi connectivity index (χ2n) is 8.36. The highest BCUT2D eigenvalue weighted by atomic mass is 35.5. The zero-order chi connectivity index (χ0) is 20.5. The fourth-order valence-electron chi connectivity index (χ4n) is 4.51. The molecule has 1 atom stereocenters. The summed E-state index contributed by atoms with van der Waals surface area (Å²) in [5, 5.41) is 2.06. The van der Waals surface area contributed by atoms with Crippen molar-refractivity contribution in [1.29, 1.82) is 0 Å². The first kappa shape index (κ1) is 20.0. The third kappa shape index (κ3) is 4.13. The standard InChI is InChI=1S/C23H27ClN4OS/c1-16-2-7-20-19(14-16)21-22(25-15-26-23(21)30-20)28-10-8-27(9-11-28)12-13-29-18-5-3-17(24)4-6-18/h3-6,15-16H,2,7-14H2,1H3/t16-/m0/s1. The summed E-state index contributed by atoms with van der Waals surface area (Å²) < 4.78 is 5.86. The maximum Gasteiger partial charge on any atom is 0.141 e. The maximum absolute atomic E-state index is 5.93. The first-order valence-corrected chi connectivity index (χ1v) is 12.0. The van der Waals surface area contributed by atoms with E-state index in [-0.39, 0.29) is 0 Å². The van der Waals surface area contributed by atoms with Crippen LogP contribution in [0.2, 0.25) is 5.02 Å². The molecular formula is C23H27ClN4OS. The Labute approximate surface area is 186 Å². The van der Waals surface area contributed by atoms with E-state index in [0.29, 0.717) is 6.61 Å². The molecule has 0 amide bonds. The molecule has 0 bridgehead atoms. The van der Waals surface area contributed by atoms with Gasteiger partial charge in [-0.25, -0.2) is 9.97 Å². The minimum atomic E-state index is 0.690. The Kier molecular flexibility index (Phi) is 5.81. The van der Waals surface area contributed by atoms with Crippen LogP contribution in [0.4, 0.5) is 5.82 Å². The molecular weight excluding hydrogens is 416 g/mol. The normalized spacial score (nSPS) is 19.8. The van der Waals surface area contributed by atoms with Crippen molar-refractivity contribution in [2.45, 2.75) is 26.2 Å². The number of halogens is 1. The van der Waals surface area contributed by atoms with Crippen molar-refractivity contribution in [3.8, 4) is 5.75 Å². The summed E-state index contributed by atoms with van der Waals surface area (Å²) in [4.78, 5) is 17.0. The molecule has 1 saturated heterocycles. The van der Waals surface area contributed by atoms with Gasteiger partial charge >= 0.3 is 0 Å². The fraction of sp³-hybridized carbons (Fsp3) is 0.478. The molecule has 0 radical (unpaired) electrons. The van der Waals surface area contributed by atoms with Gasteiger partial charge in [-0.15, -0.1) is 11.3 Å². The van der Waals surface area contributed by atoms with Crippen LogP contribution >= 0.6 is 22.9 Å². The number of aromatic nitrogens is 2. The number of nitrogens with zero attached hydrogens (tertiary/aromatic N) is 4. The van der Waals surface area contributed by atoms with Crippen molar-refractivity contribution >= 4 is 39.0 Å². The number of piperazine rings is 1. The van der Waals surface area contributed by atoms with E-state index in [1.807, 2.05) is 35.6 Å². The number of anilines is 1. The van der Waals surface area contributed by atoms with Crippen LogP contribution in [0, 0.1) is 5.92 Å². The van der Waals surface area contributed by atoms with Crippen LogP contribution in [-0.2, 0) is 12.8 Å². The maximum atomic E-state index is 5.93. The molecule has 3 aromatic rings. The Morgan fingerprint density at radius 2 is 1.93 bits per heavy atom. The molecule has 0 N–H and O–H groups in total. The number of fused-ring (bicyclic) bond motifs is 3. The summed E-state index contributed by atoms with van der Waals surface area (Å²) in [7, 11) is 0. The van der Waals surface area contributed by atoms with Crippen LogP contribution in [0.3, 0.4) is 0 Å². The number of hydrogen-bond acceptors (Lipinski definition) is 6. The van der Waals surface area contributed by atoms with Gasteiger partial charge in [-0.3, -0.25) is 4.90 Å². The summed E-state index contributed by atoms with van der Waals surface area (Å²) >= 11 is 7.81. The first-order chi connectivity index (χ1) is 14.7. The number of ether oxygens (including phenoxy) is 1. The number of aryl methyl sites for hydroxylation is 1. The molecule has 5 rings (SSSR count). The van der Waals surface area contributed by atoms with Crippen molar-refractivity contribution in [3.05, 3.63) is 46.1 Å². The van der Waals surface area contributed by atoms with Gasteiger partial charge in [0.25, 0.3) is 0 Å². The van der Waals surface area contributed by atoms with Crippen molar-refractivity contribution in [3.63, 3.8) is 0 Å². The lowest BCUT2D eigenvalue weighted by Crippen LogP contribution is -2.47. The smallest absolute Gasteiger partial charge is 0.141 e. The third-order valence-electron chi connectivity index (χ3n) is 6.23. The predicted molar refractivity (Wildman–Crippen MR) is 124 cm³/mol. The lowest BCUT2D eigenvalue weighted by Gasteiger charge is -2.35. The molecule has 5 nitrogen and oxygen atoms in total. The minimum Gasteiger partial charge on any atom is -0.492 e. The molecule has 7 heteroatoms. The monoisotopic (exact) mass is 442 g/mol. The summed E-state index contributed by atoms with van der Waals surface area (Å²) in [5.74, 6) is 2.77. The molecule has 30 heavy (non-hydrogen) atoms. The summed E-state index contributed by atoms with van der Waals surface area (Å²) in [5.41, 5.74) is 1.52. The zero-order valence-corrected chi connectivity index (χ0v) is 18.9. The largest absolute Gasteiger partial charge is 0.492 e. The lowest BCUT2D eigenvalue weighted by molar-refractivity contribution is 0.200. The molecule has 1 aliphatic heterocycles. The van der Waals surface area contributed by atoms with Crippen molar-refractivity contribution in [2.75, 3.05) is 44.2 Å². The Hall–Kier alpha value is -1.89. The average molecular weight is 443 g/mol. The molecule has 1 aliphatic carbocycles. The SMILES string of the molecule is C[C@H]1CCc2sc3ncnc(N4CCN(CCOc5ccc(Cl)cc5)CC4)c3c2C1. The van der Waals surface area contributed by atoms with Gasteiger partial charge in [0.2, 0.25) is 0 Å². The van der Waals surface area contributed by atoms with Crippen LogP contribution in [0.25, 0.3) is 10.2 Å². The molecule has 0 spiro atoms. The Morgan fingerprint density at radius 3 is 2.73 bits per heavy atom. The number of thiophene rings is 1. The van der Waals surface area contributed by atoms with Crippen LogP contribution < -0.4 is 9.64 Å². The minimum absolute atomic E-state index is 0.690. The molecule has 0 saturated carbocycles. The quantitative estimate of drug-likeness (QED) is 0.574. The van der Waals surface area contributed by atoms with Gasteiger partial charge in [0.05, 0.1) is 5.39 Å². The Balaban J connectivity index is 1.22. The van der Waals surface area contributed by atoms with Gasteiger partial charge in [0.15, 0.2) is 0 Å². The average Bonchev–Trinajstić information content (AvgIpc) is 3.14. The number of rotatable bonds is 5. The molecule has 2 aromatic heterocycles. The Morgan fingerprint density at radius 1 is 1.13 bits per heavy atom. The fourth-order valence-corrected chi connectivity index (χ4v) is 5.82. The van der Waals surface area contributed by atoms with Gasteiger partial charge < -0.3 is 9.64 Å². The molecule has 0 unspecified atom stereocenters. The van der Waals surface area contributed by atoms with E-state index in [1.54, 1.807) is 6.33 Å². The van der Waals surface area contributed by atoms with Crippen molar-refractivity contribution < 1.29 is 4.74 Å².